The molecule has 2 aliphatic rings. The fraction of sp³-hybridized carbons (Fsp3) is 0.571. The zero-order valence-corrected chi connectivity index (χ0v) is 11.5. The molecule has 4 rings (SSSR count). The van der Waals surface area contributed by atoms with E-state index in [0.29, 0.717) is 5.54 Å². The molecule has 1 spiro atoms. The lowest BCUT2D eigenvalue weighted by Gasteiger charge is -2.40. The Morgan fingerprint density at radius 1 is 1.26 bits per heavy atom. The van der Waals surface area contributed by atoms with Crippen molar-refractivity contribution in [3.63, 3.8) is 0 Å². The largest absolute Gasteiger partial charge is 0.353 e. The Kier molecular flexibility index (Phi) is 2.18. The minimum atomic E-state index is 0.416. The first-order chi connectivity index (χ1) is 9.20. The predicted molar refractivity (Wildman–Crippen MR) is 75.4 cm³/mol. The van der Waals surface area contributed by atoms with Crippen LogP contribution in [0.25, 0.3) is 11.0 Å². The molecule has 0 radical (unpaired) electrons. The maximum atomic E-state index is 4.56. The Bertz CT molecular complexity index is 628. The highest BCUT2D eigenvalue weighted by atomic mass is 15.3. The average molecular weight is 257 g/mol. The number of hydrogen-bond donors (Lipinski definition) is 1. The molecule has 5 nitrogen and oxygen atoms in total. The molecule has 5 heteroatoms. The number of nitrogens with zero attached hydrogens (tertiary/aromatic N) is 4. The van der Waals surface area contributed by atoms with Gasteiger partial charge in [0.25, 0.3) is 0 Å². The summed E-state index contributed by atoms with van der Waals surface area (Å²) in [4.78, 5) is 17.1. The second-order valence-corrected chi connectivity index (χ2v) is 5.96. The number of nitrogens with one attached hydrogen (secondary N) is 1. The van der Waals surface area contributed by atoms with Crippen molar-refractivity contribution < 1.29 is 0 Å². The fourth-order valence-electron chi connectivity index (χ4n) is 3.27. The molecule has 0 aromatic carbocycles. The summed E-state index contributed by atoms with van der Waals surface area (Å²) in [7, 11) is 2.25. The highest BCUT2D eigenvalue weighted by Gasteiger charge is 2.49. The fourth-order valence-corrected chi connectivity index (χ4v) is 3.27. The van der Waals surface area contributed by atoms with Crippen LogP contribution in [0.2, 0.25) is 0 Å². The van der Waals surface area contributed by atoms with E-state index in [9.17, 15) is 0 Å². The molecule has 1 N–H and O–H groups in total. The lowest BCUT2D eigenvalue weighted by Crippen LogP contribution is -2.53. The van der Waals surface area contributed by atoms with Gasteiger partial charge in [0.05, 0.1) is 5.39 Å². The zero-order chi connectivity index (χ0) is 13.0. The Labute approximate surface area is 112 Å². The molecule has 0 unspecified atom stereocenters. The van der Waals surface area contributed by atoms with Crippen LogP contribution in [-0.4, -0.2) is 52.1 Å². The van der Waals surface area contributed by atoms with Gasteiger partial charge in [0.2, 0.25) is 0 Å². The summed E-state index contributed by atoms with van der Waals surface area (Å²) in [6.45, 7) is 5.39. The number of hydrogen-bond acceptors (Lipinski definition) is 4. The van der Waals surface area contributed by atoms with E-state index in [1.165, 1.54) is 23.8 Å². The smallest absolute Gasteiger partial charge is 0.143 e. The van der Waals surface area contributed by atoms with Crippen LogP contribution in [0.15, 0.2) is 12.5 Å². The molecule has 1 aliphatic heterocycles. The van der Waals surface area contributed by atoms with Crippen LogP contribution in [0.3, 0.4) is 0 Å². The van der Waals surface area contributed by atoms with E-state index in [-0.39, 0.29) is 0 Å². The van der Waals surface area contributed by atoms with Gasteiger partial charge < -0.3 is 9.88 Å². The van der Waals surface area contributed by atoms with Gasteiger partial charge in [-0.2, -0.15) is 0 Å². The molecule has 1 aliphatic carbocycles. The van der Waals surface area contributed by atoms with Crippen LogP contribution < -0.4 is 4.90 Å². The first kappa shape index (κ1) is 11.2. The standard InChI is InChI=1S/C14H19N5/c1-10-7-15-12-11(10)13(17-9-16-12)19-6-5-18(2)14(8-19)3-4-14/h7,9H,3-6,8H2,1-2H3,(H,15,16,17). The van der Waals surface area contributed by atoms with Crippen molar-refractivity contribution in [1.29, 1.82) is 0 Å². The van der Waals surface area contributed by atoms with E-state index < -0.39 is 0 Å². The van der Waals surface area contributed by atoms with Crippen molar-refractivity contribution in [2.45, 2.75) is 25.3 Å². The normalized spacial score (nSPS) is 22.3. The van der Waals surface area contributed by atoms with Gasteiger partial charge in [0.1, 0.15) is 17.8 Å². The van der Waals surface area contributed by atoms with Gasteiger partial charge >= 0.3 is 0 Å². The number of aromatic amines is 1. The number of aromatic nitrogens is 3. The van der Waals surface area contributed by atoms with Crippen molar-refractivity contribution in [3.8, 4) is 0 Å². The molecule has 19 heavy (non-hydrogen) atoms. The van der Waals surface area contributed by atoms with Gasteiger partial charge in [0.15, 0.2) is 0 Å². The van der Waals surface area contributed by atoms with Crippen LogP contribution in [0.4, 0.5) is 5.82 Å². The molecule has 3 heterocycles. The first-order valence-electron chi connectivity index (χ1n) is 6.94. The summed E-state index contributed by atoms with van der Waals surface area (Å²) in [5, 5.41) is 1.18. The molecule has 100 valence electrons. The molecule has 2 aromatic rings. The van der Waals surface area contributed by atoms with Crippen LogP contribution in [0, 0.1) is 6.92 Å². The maximum absolute atomic E-state index is 4.56. The summed E-state index contributed by atoms with van der Waals surface area (Å²) in [5.74, 6) is 1.10. The van der Waals surface area contributed by atoms with Crippen molar-refractivity contribution in [2.75, 3.05) is 31.6 Å². The van der Waals surface area contributed by atoms with E-state index in [1.54, 1.807) is 6.33 Å². The minimum absolute atomic E-state index is 0.416. The molecule has 0 bridgehead atoms. The van der Waals surface area contributed by atoms with Crippen LogP contribution in [0.1, 0.15) is 18.4 Å². The third-order valence-electron chi connectivity index (χ3n) is 4.77. The van der Waals surface area contributed by atoms with E-state index >= 15 is 0 Å². The lowest BCUT2D eigenvalue weighted by molar-refractivity contribution is 0.198. The Morgan fingerprint density at radius 3 is 2.89 bits per heavy atom. The molecule has 2 fully saturated rings. The Morgan fingerprint density at radius 2 is 2.11 bits per heavy atom. The summed E-state index contributed by atoms with van der Waals surface area (Å²) < 4.78 is 0. The SMILES string of the molecule is Cc1c[nH]c2ncnc(N3CCN(C)C4(CC4)C3)c12. The summed E-state index contributed by atoms with van der Waals surface area (Å²) >= 11 is 0. The van der Waals surface area contributed by atoms with Crippen molar-refractivity contribution >= 4 is 16.9 Å². The second kappa shape index (κ2) is 3.70. The van der Waals surface area contributed by atoms with Gasteiger partial charge in [-0.1, -0.05) is 0 Å². The van der Waals surface area contributed by atoms with Crippen molar-refractivity contribution in [2.24, 2.45) is 0 Å². The van der Waals surface area contributed by atoms with Gasteiger partial charge in [0, 0.05) is 31.4 Å². The van der Waals surface area contributed by atoms with Crippen LogP contribution >= 0.6 is 0 Å². The number of anilines is 1. The molecule has 1 saturated carbocycles. The quantitative estimate of drug-likeness (QED) is 0.842. The molecular weight excluding hydrogens is 238 g/mol. The van der Waals surface area contributed by atoms with Crippen molar-refractivity contribution in [3.05, 3.63) is 18.1 Å². The maximum Gasteiger partial charge on any atom is 0.143 e. The monoisotopic (exact) mass is 257 g/mol. The molecular formula is C14H19N5. The van der Waals surface area contributed by atoms with E-state index in [4.69, 9.17) is 0 Å². The number of aryl methyl sites for hydroxylation is 1. The summed E-state index contributed by atoms with van der Waals surface area (Å²) in [6, 6.07) is 0. The predicted octanol–water partition coefficient (Wildman–Crippen LogP) is 1.55. The van der Waals surface area contributed by atoms with E-state index in [0.717, 1.165) is 31.1 Å². The lowest BCUT2D eigenvalue weighted by atomic mass is 10.1. The summed E-state index contributed by atoms with van der Waals surface area (Å²) in [6.07, 6.45) is 6.33. The number of fused-ring (bicyclic) bond motifs is 1. The van der Waals surface area contributed by atoms with Gasteiger partial charge in [-0.05, 0) is 32.4 Å². The van der Waals surface area contributed by atoms with E-state index in [2.05, 4.69) is 38.7 Å². The second-order valence-electron chi connectivity index (χ2n) is 5.96. The third-order valence-corrected chi connectivity index (χ3v) is 4.77. The average Bonchev–Trinajstić information content (AvgIpc) is 3.10. The molecule has 0 atom stereocenters. The molecule has 1 saturated heterocycles. The number of rotatable bonds is 1. The number of likely N-dealkylation sites (N-methyl/N-ethyl adjacent to an activating group) is 1. The highest BCUT2D eigenvalue weighted by Crippen LogP contribution is 2.44. The Hall–Kier alpha value is -1.62. The van der Waals surface area contributed by atoms with Crippen molar-refractivity contribution in [1.82, 2.24) is 19.9 Å². The van der Waals surface area contributed by atoms with Crippen LogP contribution in [-0.2, 0) is 0 Å². The zero-order valence-electron chi connectivity index (χ0n) is 11.5. The van der Waals surface area contributed by atoms with Gasteiger partial charge in [-0.15, -0.1) is 0 Å². The topological polar surface area (TPSA) is 48.1 Å². The highest BCUT2D eigenvalue weighted by molar-refractivity contribution is 5.90. The van der Waals surface area contributed by atoms with Gasteiger partial charge in [-0.25, -0.2) is 9.97 Å². The first-order valence-corrected chi connectivity index (χ1v) is 6.94. The summed E-state index contributed by atoms with van der Waals surface area (Å²) in [5.41, 5.74) is 2.60. The number of H-pyrrole nitrogens is 1. The van der Waals surface area contributed by atoms with Gasteiger partial charge in [-0.3, -0.25) is 4.90 Å². The van der Waals surface area contributed by atoms with E-state index in [1.807, 2.05) is 6.20 Å². The Balaban J connectivity index is 1.76. The van der Waals surface area contributed by atoms with Crippen LogP contribution in [0.5, 0.6) is 0 Å². The third kappa shape index (κ3) is 1.57. The minimum Gasteiger partial charge on any atom is -0.353 e. The number of piperazine rings is 1. The molecule has 2 aromatic heterocycles. The molecule has 0 amide bonds.